The van der Waals surface area contributed by atoms with Crippen molar-refractivity contribution in [3.05, 3.63) is 59.2 Å². The summed E-state index contributed by atoms with van der Waals surface area (Å²) in [6.07, 6.45) is 1.56. The van der Waals surface area contributed by atoms with Crippen LogP contribution in [0.5, 0.6) is 11.5 Å². The van der Waals surface area contributed by atoms with Gasteiger partial charge in [0.25, 0.3) is 0 Å². The minimum atomic E-state index is -0.144. The number of carbonyl (C=O) groups excluding carboxylic acids is 1. The highest BCUT2D eigenvalue weighted by Crippen LogP contribution is 2.30. The molecule has 0 radical (unpaired) electrons. The number of hydrogen-bond acceptors (Lipinski definition) is 3. The molecule has 0 bridgehead atoms. The molecule has 0 saturated carbocycles. The molecule has 0 heterocycles. The summed E-state index contributed by atoms with van der Waals surface area (Å²) in [4.78, 5) is 11.9. The minimum Gasteiger partial charge on any atom is -0.493 e. The number of nitrogens with one attached hydrogen (secondary N) is 2. The molecule has 2 amide bonds. The van der Waals surface area contributed by atoms with Crippen LogP contribution in [0.2, 0.25) is 0 Å². The zero-order valence-electron chi connectivity index (χ0n) is 15.1. The fraction of sp³-hybridized carbons (Fsp3) is 0.350. The summed E-state index contributed by atoms with van der Waals surface area (Å²) in [5.74, 6) is 1.42. The first-order chi connectivity index (χ1) is 12.1. The number of hydrogen-bond donors (Lipinski definition) is 2. The van der Waals surface area contributed by atoms with Crippen molar-refractivity contribution in [3.63, 3.8) is 0 Å². The molecule has 0 spiro atoms. The molecule has 25 heavy (non-hydrogen) atoms. The van der Waals surface area contributed by atoms with Gasteiger partial charge in [-0.2, -0.15) is 0 Å². The summed E-state index contributed by atoms with van der Waals surface area (Å²) in [6, 6.07) is 13.9. The fourth-order valence-corrected chi connectivity index (χ4v) is 2.63. The highest BCUT2D eigenvalue weighted by Gasteiger charge is 2.09. The molecule has 134 valence electrons. The van der Waals surface area contributed by atoms with Crippen LogP contribution in [0.3, 0.4) is 0 Å². The number of methoxy groups -OCH3 is 2. The van der Waals surface area contributed by atoms with Crippen LogP contribution in [0, 0.1) is 6.92 Å². The van der Waals surface area contributed by atoms with Crippen molar-refractivity contribution in [1.82, 2.24) is 10.6 Å². The van der Waals surface area contributed by atoms with E-state index in [1.165, 1.54) is 5.56 Å². The highest BCUT2D eigenvalue weighted by molar-refractivity contribution is 5.73. The van der Waals surface area contributed by atoms with Gasteiger partial charge in [0.1, 0.15) is 0 Å². The number of aryl methyl sites for hydroxylation is 1. The zero-order chi connectivity index (χ0) is 18.1. The molecular formula is C20H26N2O3. The molecule has 0 unspecified atom stereocenters. The smallest absolute Gasteiger partial charge is 0.314 e. The summed E-state index contributed by atoms with van der Waals surface area (Å²) < 4.78 is 10.6. The van der Waals surface area contributed by atoms with Crippen LogP contribution >= 0.6 is 0 Å². The number of carbonyl (C=O) groups is 1. The van der Waals surface area contributed by atoms with Crippen LogP contribution in [0.15, 0.2) is 42.5 Å². The van der Waals surface area contributed by atoms with Gasteiger partial charge in [-0.25, -0.2) is 4.79 Å². The lowest BCUT2D eigenvalue weighted by Crippen LogP contribution is -2.37. The van der Waals surface area contributed by atoms with Crippen LogP contribution in [0.1, 0.15) is 16.7 Å². The van der Waals surface area contributed by atoms with E-state index >= 15 is 0 Å². The van der Waals surface area contributed by atoms with Crippen molar-refractivity contribution in [1.29, 1.82) is 0 Å². The Labute approximate surface area is 149 Å². The van der Waals surface area contributed by atoms with Gasteiger partial charge in [-0.05, 0) is 48.6 Å². The monoisotopic (exact) mass is 342 g/mol. The van der Waals surface area contributed by atoms with E-state index < -0.39 is 0 Å². The van der Waals surface area contributed by atoms with E-state index in [0.717, 1.165) is 29.7 Å². The standard InChI is InChI=1S/C20H26N2O3/c1-15-13-18(24-2)19(25-3)14-17(15)10-12-22-20(23)21-11-9-16-7-5-4-6-8-16/h4-8,13-14H,9-12H2,1-3H3,(H2,21,22,23). The van der Waals surface area contributed by atoms with Crippen LogP contribution in [0.4, 0.5) is 4.79 Å². The summed E-state index contributed by atoms with van der Waals surface area (Å²) >= 11 is 0. The Morgan fingerprint density at radius 1 is 0.920 bits per heavy atom. The maximum Gasteiger partial charge on any atom is 0.314 e. The lowest BCUT2D eigenvalue weighted by Gasteiger charge is -2.13. The van der Waals surface area contributed by atoms with Gasteiger partial charge in [0.15, 0.2) is 11.5 Å². The van der Waals surface area contributed by atoms with Crippen molar-refractivity contribution >= 4 is 6.03 Å². The number of benzene rings is 2. The first-order valence-electron chi connectivity index (χ1n) is 8.41. The highest BCUT2D eigenvalue weighted by atomic mass is 16.5. The molecule has 0 aromatic heterocycles. The second-order valence-corrected chi connectivity index (χ2v) is 5.80. The predicted molar refractivity (Wildman–Crippen MR) is 99.5 cm³/mol. The molecule has 5 heteroatoms. The number of amides is 2. The molecule has 2 aromatic carbocycles. The van der Waals surface area contributed by atoms with Gasteiger partial charge in [0, 0.05) is 13.1 Å². The van der Waals surface area contributed by atoms with E-state index in [9.17, 15) is 4.79 Å². The summed E-state index contributed by atoms with van der Waals surface area (Å²) in [7, 11) is 3.24. The van der Waals surface area contributed by atoms with Gasteiger partial charge in [0.05, 0.1) is 14.2 Å². The van der Waals surface area contributed by atoms with Crippen molar-refractivity contribution in [2.45, 2.75) is 19.8 Å². The Balaban J connectivity index is 1.75. The van der Waals surface area contributed by atoms with E-state index in [-0.39, 0.29) is 6.03 Å². The fourth-order valence-electron chi connectivity index (χ4n) is 2.63. The third-order valence-corrected chi connectivity index (χ3v) is 4.06. The lowest BCUT2D eigenvalue weighted by molar-refractivity contribution is 0.241. The van der Waals surface area contributed by atoms with Gasteiger partial charge < -0.3 is 20.1 Å². The van der Waals surface area contributed by atoms with E-state index in [1.807, 2.05) is 37.3 Å². The molecule has 0 fully saturated rings. The third kappa shape index (κ3) is 5.71. The van der Waals surface area contributed by atoms with Crippen LogP contribution in [-0.4, -0.2) is 33.3 Å². The molecule has 2 N–H and O–H groups in total. The van der Waals surface area contributed by atoms with Gasteiger partial charge in [-0.3, -0.25) is 0 Å². The van der Waals surface area contributed by atoms with Crippen molar-refractivity contribution < 1.29 is 14.3 Å². The summed E-state index contributed by atoms with van der Waals surface area (Å²) in [5, 5.41) is 5.77. The molecule has 0 saturated heterocycles. The SMILES string of the molecule is COc1cc(C)c(CCNC(=O)NCCc2ccccc2)cc1OC. The maximum absolute atomic E-state index is 11.9. The molecule has 0 aliphatic rings. The largest absolute Gasteiger partial charge is 0.493 e. The molecule has 2 rings (SSSR count). The second kappa shape index (κ2) is 9.57. The number of rotatable bonds is 8. The zero-order valence-corrected chi connectivity index (χ0v) is 15.1. The summed E-state index contributed by atoms with van der Waals surface area (Å²) in [6.45, 7) is 3.20. The lowest BCUT2D eigenvalue weighted by atomic mass is 10.0. The minimum absolute atomic E-state index is 0.144. The molecule has 5 nitrogen and oxygen atoms in total. The first-order valence-corrected chi connectivity index (χ1v) is 8.41. The summed E-state index contributed by atoms with van der Waals surface area (Å²) in [5.41, 5.74) is 3.45. The molecule has 0 aliphatic heterocycles. The Kier molecular flexibility index (Phi) is 7.14. The van der Waals surface area contributed by atoms with Crippen molar-refractivity contribution in [2.24, 2.45) is 0 Å². The Morgan fingerprint density at radius 2 is 1.52 bits per heavy atom. The van der Waals surface area contributed by atoms with Gasteiger partial charge in [-0.1, -0.05) is 30.3 Å². The molecule has 2 aromatic rings. The van der Waals surface area contributed by atoms with E-state index in [2.05, 4.69) is 22.8 Å². The van der Waals surface area contributed by atoms with Crippen molar-refractivity contribution in [3.8, 4) is 11.5 Å². The molecule has 0 aliphatic carbocycles. The quantitative estimate of drug-likeness (QED) is 0.775. The Hall–Kier alpha value is -2.69. The number of urea groups is 1. The molecular weight excluding hydrogens is 316 g/mol. The Bertz CT molecular complexity index is 687. The second-order valence-electron chi connectivity index (χ2n) is 5.80. The maximum atomic E-state index is 11.9. The van der Waals surface area contributed by atoms with Crippen LogP contribution < -0.4 is 20.1 Å². The third-order valence-electron chi connectivity index (χ3n) is 4.06. The normalized spacial score (nSPS) is 10.2. The van der Waals surface area contributed by atoms with Crippen molar-refractivity contribution in [2.75, 3.05) is 27.3 Å². The van der Waals surface area contributed by atoms with E-state index in [4.69, 9.17) is 9.47 Å². The topological polar surface area (TPSA) is 59.6 Å². The predicted octanol–water partition coefficient (Wildman–Crippen LogP) is 3.10. The average molecular weight is 342 g/mol. The number of ether oxygens (including phenoxy) is 2. The van der Waals surface area contributed by atoms with Gasteiger partial charge in [0.2, 0.25) is 0 Å². The Morgan fingerprint density at radius 3 is 2.16 bits per heavy atom. The van der Waals surface area contributed by atoms with Crippen LogP contribution in [-0.2, 0) is 12.8 Å². The first kappa shape index (κ1) is 18.6. The average Bonchev–Trinajstić information content (AvgIpc) is 2.63. The molecule has 0 atom stereocenters. The van der Waals surface area contributed by atoms with Gasteiger partial charge in [-0.15, -0.1) is 0 Å². The van der Waals surface area contributed by atoms with Crippen LogP contribution in [0.25, 0.3) is 0 Å². The van der Waals surface area contributed by atoms with E-state index in [1.54, 1.807) is 14.2 Å². The van der Waals surface area contributed by atoms with E-state index in [0.29, 0.717) is 18.8 Å². The van der Waals surface area contributed by atoms with Gasteiger partial charge >= 0.3 is 6.03 Å².